The molecule has 1 aliphatic heterocycles. The van der Waals surface area contributed by atoms with E-state index in [2.05, 4.69) is 4.74 Å². The van der Waals surface area contributed by atoms with E-state index in [-0.39, 0.29) is 12.6 Å². The maximum Gasteiger partial charge on any atom is 0.325 e. The van der Waals surface area contributed by atoms with E-state index in [4.69, 9.17) is 4.74 Å². The number of urea groups is 1. The van der Waals surface area contributed by atoms with Crippen LogP contribution >= 0.6 is 0 Å². The van der Waals surface area contributed by atoms with Crippen LogP contribution in [0.3, 0.4) is 0 Å². The van der Waals surface area contributed by atoms with E-state index >= 15 is 0 Å². The van der Waals surface area contributed by atoms with E-state index in [9.17, 15) is 9.59 Å². The van der Waals surface area contributed by atoms with Gasteiger partial charge in [0.1, 0.15) is 6.54 Å². The highest BCUT2D eigenvalue weighted by Crippen LogP contribution is 2.01. The van der Waals surface area contributed by atoms with Crippen molar-refractivity contribution in [3.63, 3.8) is 0 Å². The van der Waals surface area contributed by atoms with Gasteiger partial charge >= 0.3 is 12.0 Å². The standard InChI is InChI=1S/C9H16N2O4/c1-10(7-8(12)14-2)9(13)11-3-5-15-6-4-11/h3-7H2,1-2H3. The fourth-order valence-corrected chi connectivity index (χ4v) is 1.32. The smallest absolute Gasteiger partial charge is 0.325 e. The Bertz CT molecular complexity index is 238. The van der Waals surface area contributed by atoms with Gasteiger partial charge in [0.2, 0.25) is 0 Å². The summed E-state index contributed by atoms with van der Waals surface area (Å²) in [6.45, 7) is 2.23. The molecule has 0 spiro atoms. The number of morpholine rings is 1. The van der Waals surface area contributed by atoms with Crippen LogP contribution in [0.2, 0.25) is 0 Å². The zero-order valence-corrected chi connectivity index (χ0v) is 9.06. The highest BCUT2D eigenvalue weighted by atomic mass is 16.5. The maximum absolute atomic E-state index is 11.7. The van der Waals surface area contributed by atoms with E-state index in [0.717, 1.165) is 0 Å². The highest BCUT2D eigenvalue weighted by Gasteiger charge is 2.21. The molecule has 0 aromatic heterocycles. The third-order valence-electron chi connectivity index (χ3n) is 2.20. The molecule has 6 heteroatoms. The molecule has 0 saturated carbocycles. The summed E-state index contributed by atoms with van der Waals surface area (Å²) in [7, 11) is 2.88. The molecule has 0 aromatic carbocycles. The van der Waals surface area contributed by atoms with Crippen LogP contribution in [-0.2, 0) is 14.3 Å². The Morgan fingerprint density at radius 3 is 2.53 bits per heavy atom. The number of likely N-dealkylation sites (N-methyl/N-ethyl adjacent to an activating group) is 1. The fourth-order valence-electron chi connectivity index (χ4n) is 1.32. The number of methoxy groups -OCH3 is 1. The van der Waals surface area contributed by atoms with Crippen LogP contribution in [0.5, 0.6) is 0 Å². The SMILES string of the molecule is COC(=O)CN(C)C(=O)N1CCOCC1. The summed E-state index contributed by atoms with van der Waals surface area (Å²) in [4.78, 5) is 25.7. The minimum absolute atomic E-state index is 0.0211. The molecule has 1 aliphatic rings. The monoisotopic (exact) mass is 216 g/mol. The largest absolute Gasteiger partial charge is 0.468 e. The molecule has 1 rings (SSSR count). The summed E-state index contributed by atoms with van der Waals surface area (Å²) in [5, 5.41) is 0. The lowest BCUT2D eigenvalue weighted by Gasteiger charge is -2.30. The van der Waals surface area contributed by atoms with Crippen molar-refractivity contribution >= 4 is 12.0 Å². The predicted molar refractivity (Wildman–Crippen MR) is 52.4 cm³/mol. The van der Waals surface area contributed by atoms with Gasteiger partial charge in [0.05, 0.1) is 20.3 Å². The lowest BCUT2D eigenvalue weighted by atomic mass is 10.4. The number of ether oxygens (including phenoxy) is 2. The quantitative estimate of drug-likeness (QED) is 0.586. The van der Waals surface area contributed by atoms with Crippen molar-refractivity contribution in [3.8, 4) is 0 Å². The van der Waals surface area contributed by atoms with Crippen molar-refractivity contribution in [3.05, 3.63) is 0 Å². The summed E-state index contributed by atoms with van der Waals surface area (Å²) >= 11 is 0. The Kier molecular flexibility index (Phi) is 4.36. The Morgan fingerprint density at radius 2 is 2.00 bits per heavy atom. The van der Waals surface area contributed by atoms with Crippen LogP contribution in [-0.4, -0.2) is 68.8 Å². The molecule has 1 heterocycles. The summed E-state index contributed by atoms with van der Waals surface area (Å²) in [6.07, 6.45) is 0. The van der Waals surface area contributed by atoms with E-state index in [1.54, 1.807) is 11.9 Å². The van der Waals surface area contributed by atoms with Gasteiger partial charge in [0, 0.05) is 20.1 Å². The molecule has 0 aromatic rings. The summed E-state index contributed by atoms with van der Waals surface area (Å²) < 4.78 is 9.61. The normalized spacial score (nSPS) is 16.0. The van der Waals surface area contributed by atoms with Crippen LogP contribution in [0.4, 0.5) is 4.79 Å². The first kappa shape index (κ1) is 11.8. The van der Waals surface area contributed by atoms with Gasteiger partial charge in [-0.25, -0.2) is 4.79 Å². The van der Waals surface area contributed by atoms with Crippen molar-refractivity contribution in [1.29, 1.82) is 0 Å². The molecule has 0 aliphatic carbocycles. The fraction of sp³-hybridized carbons (Fsp3) is 0.778. The van der Waals surface area contributed by atoms with Crippen LogP contribution in [0, 0.1) is 0 Å². The average molecular weight is 216 g/mol. The lowest BCUT2D eigenvalue weighted by molar-refractivity contribution is -0.141. The van der Waals surface area contributed by atoms with E-state index in [0.29, 0.717) is 26.3 Å². The molecule has 0 atom stereocenters. The Labute approximate surface area is 88.7 Å². The second kappa shape index (κ2) is 5.55. The first-order valence-electron chi connectivity index (χ1n) is 4.79. The second-order valence-corrected chi connectivity index (χ2v) is 3.31. The Balaban J connectivity index is 2.40. The highest BCUT2D eigenvalue weighted by molar-refractivity contribution is 5.80. The van der Waals surface area contributed by atoms with Gasteiger partial charge in [-0.15, -0.1) is 0 Å². The van der Waals surface area contributed by atoms with Crippen LogP contribution in [0.15, 0.2) is 0 Å². The van der Waals surface area contributed by atoms with Gasteiger partial charge in [0.15, 0.2) is 0 Å². The molecule has 0 N–H and O–H groups in total. The molecule has 0 bridgehead atoms. The number of hydrogen-bond donors (Lipinski definition) is 0. The first-order valence-corrected chi connectivity index (χ1v) is 4.79. The van der Waals surface area contributed by atoms with E-state index in [1.165, 1.54) is 12.0 Å². The van der Waals surface area contributed by atoms with Crippen molar-refractivity contribution in [2.45, 2.75) is 0 Å². The van der Waals surface area contributed by atoms with Crippen LogP contribution < -0.4 is 0 Å². The number of rotatable bonds is 2. The number of esters is 1. The van der Waals surface area contributed by atoms with Gasteiger partial charge in [-0.05, 0) is 0 Å². The molecule has 6 nitrogen and oxygen atoms in total. The molecular formula is C9H16N2O4. The number of hydrogen-bond acceptors (Lipinski definition) is 4. The summed E-state index contributed by atoms with van der Waals surface area (Å²) in [5.41, 5.74) is 0. The third kappa shape index (κ3) is 3.39. The van der Waals surface area contributed by atoms with Crippen LogP contribution in [0.1, 0.15) is 0 Å². The van der Waals surface area contributed by atoms with Crippen molar-refractivity contribution in [1.82, 2.24) is 9.80 Å². The number of nitrogens with zero attached hydrogens (tertiary/aromatic N) is 2. The summed E-state index contributed by atoms with van der Waals surface area (Å²) in [6, 6.07) is -0.163. The molecule has 15 heavy (non-hydrogen) atoms. The van der Waals surface area contributed by atoms with Gasteiger partial charge < -0.3 is 19.3 Å². The Hall–Kier alpha value is -1.30. The molecular weight excluding hydrogens is 200 g/mol. The summed E-state index contributed by atoms with van der Waals surface area (Å²) in [5.74, 6) is -0.417. The minimum atomic E-state index is -0.417. The van der Waals surface area contributed by atoms with Gasteiger partial charge in [-0.3, -0.25) is 4.79 Å². The predicted octanol–water partition coefficient (Wildman–Crippen LogP) is -0.457. The average Bonchev–Trinajstić information content (AvgIpc) is 2.29. The van der Waals surface area contributed by atoms with E-state index in [1.807, 2.05) is 0 Å². The molecule has 2 amide bonds. The van der Waals surface area contributed by atoms with Crippen molar-refractivity contribution in [2.75, 3.05) is 47.0 Å². The molecule has 1 saturated heterocycles. The third-order valence-corrected chi connectivity index (χ3v) is 2.20. The van der Waals surface area contributed by atoms with Gasteiger partial charge in [0.25, 0.3) is 0 Å². The zero-order chi connectivity index (χ0) is 11.3. The molecule has 1 fully saturated rings. The maximum atomic E-state index is 11.7. The zero-order valence-electron chi connectivity index (χ0n) is 9.06. The lowest BCUT2D eigenvalue weighted by Crippen LogP contribution is -2.48. The van der Waals surface area contributed by atoms with Gasteiger partial charge in [-0.1, -0.05) is 0 Å². The number of amides is 2. The minimum Gasteiger partial charge on any atom is -0.468 e. The van der Waals surface area contributed by atoms with Crippen LogP contribution in [0.25, 0.3) is 0 Å². The topological polar surface area (TPSA) is 59.1 Å². The molecule has 0 radical (unpaired) electrons. The van der Waals surface area contributed by atoms with Crippen molar-refractivity contribution in [2.24, 2.45) is 0 Å². The molecule has 0 unspecified atom stereocenters. The van der Waals surface area contributed by atoms with Crippen molar-refractivity contribution < 1.29 is 19.1 Å². The number of carbonyl (C=O) groups is 2. The molecule has 86 valence electrons. The number of carbonyl (C=O) groups excluding carboxylic acids is 2. The Morgan fingerprint density at radius 1 is 1.40 bits per heavy atom. The van der Waals surface area contributed by atoms with Gasteiger partial charge in [-0.2, -0.15) is 0 Å². The van der Waals surface area contributed by atoms with E-state index < -0.39 is 5.97 Å². The first-order chi connectivity index (χ1) is 7.15. The second-order valence-electron chi connectivity index (χ2n) is 3.31.